The van der Waals surface area contributed by atoms with E-state index in [0.717, 1.165) is 60.3 Å². The predicted octanol–water partition coefficient (Wildman–Crippen LogP) is 3.63. The van der Waals surface area contributed by atoms with Crippen LogP contribution in [0.3, 0.4) is 0 Å². The first-order chi connectivity index (χ1) is 15.5. The number of carbonyl (C=O) groups is 1. The second kappa shape index (κ2) is 8.37. The molecule has 1 aliphatic carbocycles. The second-order valence-corrected chi connectivity index (χ2v) is 8.84. The van der Waals surface area contributed by atoms with Gasteiger partial charge in [-0.05, 0) is 46.0 Å². The summed E-state index contributed by atoms with van der Waals surface area (Å²) in [6, 6.07) is 2.39. The Hall–Kier alpha value is -3.23. The van der Waals surface area contributed by atoms with Crippen molar-refractivity contribution in [3.63, 3.8) is 0 Å². The summed E-state index contributed by atoms with van der Waals surface area (Å²) in [5, 5.41) is 14.7. The molecule has 0 atom stereocenters. The van der Waals surface area contributed by atoms with Crippen LogP contribution < -0.4 is 5.32 Å². The maximum atomic E-state index is 13.1. The van der Waals surface area contributed by atoms with Crippen LogP contribution in [0.5, 0.6) is 0 Å². The molecule has 0 unspecified atom stereocenters. The Labute approximate surface area is 187 Å². The minimum absolute atomic E-state index is 0.00163. The van der Waals surface area contributed by atoms with Crippen LogP contribution in [-0.4, -0.2) is 55.3 Å². The van der Waals surface area contributed by atoms with E-state index in [0.29, 0.717) is 36.5 Å². The molecule has 3 aromatic heterocycles. The average Bonchev–Trinajstić information content (AvgIpc) is 3.39. The third-order valence-corrected chi connectivity index (χ3v) is 6.46. The molecule has 5 rings (SSSR count). The molecule has 2 N–H and O–H groups in total. The Morgan fingerprint density at radius 1 is 1.25 bits per heavy atom. The van der Waals surface area contributed by atoms with Gasteiger partial charge >= 0.3 is 0 Å². The summed E-state index contributed by atoms with van der Waals surface area (Å²) in [5.74, 6) is 1.57. The summed E-state index contributed by atoms with van der Waals surface area (Å²) in [5.41, 5.74) is 5.19. The molecule has 1 saturated heterocycles. The zero-order valence-corrected chi connectivity index (χ0v) is 18.8. The van der Waals surface area contributed by atoms with E-state index >= 15 is 0 Å². The van der Waals surface area contributed by atoms with Gasteiger partial charge in [-0.2, -0.15) is 5.10 Å². The summed E-state index contributed by atoms with van der Waals surface area (Å²) >= 11 is 0. The molecule has 0 radical (unpaired) electrons. The monoisotopic (exact) mass is 435 g/mol. The van der Waals surface area contributed by atoms with Crippen molar-refractivity contribution in [2.45, 2.75) is 64.8 Å². The van der Waals surface area contributed by atoms with Crippen molar-refractivity contribution in [2.24, 2.45) is 0 Å². The van der Waals surface area contributed by atoms with Gasteiger partial charge in [-0.1, -0.05) is 12.1 Å². The lowest BCUT2D eigenvalue weighted by atomic mass is 9.90. The molecule has 0 bridgehead atoms. The van der Waals surface area contributed by atoms with Gasteiger partial charge in [-0.3, -0.25) is 9.89 Å². The number of nitrogens with zero attached hydrogens (tertiary/aromatic N) is 5. The summed E-state index contributed by atoms with van der Waals surface area (Å²) in [4.78, 5) is 24.4. The van der Waals surface area contributed by atoms with Crippen molar-refractivity contribution < 1.29 is 9.32 Å². The van der Waals surface area contributed by atoms with E-state index in [1.165, 1.54) is 0 Å². The van der Waals surface area contributed by atoms with Crippen molar-refractivity contribution in [1.82, 2.24) is 30.2 Å². The molecule has 1 aliphatic heterocycles. The highest BCUT2D eigenvalue weighted by Gasteiger charge is 2.31. The molecular formula is C23H29N7O2. The molecule has 3 aromatic rings. The summed E-state index contributed by atoms with van der Waals surface area (Å²) in [6.45, 7) is 7.26. The molecule has 168 valence electrons. The smallest absolute Gasteiger partial charge is 0.274 e. The molecule has 2 fully saturated rings. The van der Waals surface area contributed by atoms with Crippen LogP contribution in [0.25, 0.3) is 11.3 Å². The lowest BCUT2D eigenvalue weighted by Crippen LogP contribution is -2.38. The first-order valence-electron chi connectivity index (χ1n) is 11.4. The Kier molecular flexibility index (Phi) is 5.40. The molecule has 2 aliphatic rings. The molecular weight excluding hydrogens is 406 g/mol. The van der Waals surface area contributed by atoms with E-state index in [1.54, 1.807) is 0 Å². The Morgan fingerprint density at radius 3 is 2.66 bits per heavy atom. The van der Waals surface area contributed by atoms with Crippen molar-refractivity contribution in [1.29, 1.82) is 0 Å². The number of likely N-dealkylation sites (tertiary alicyclic amines) is 1. The van der Waals surface area contributed by atoms with E-state index in [2.05, 4.69) is 32.6 Å². The van der Waals surface area contributed by atoms with Crippen LogP contribution >= 0.6 is 0 Å². The molecule has 32 heavy (non-hydrogen) atoms. The van der Waals surface area contributed by atoms with Crippen molar-refractivity contribution in [3.8, 4) is 11.3 Å². The topological polar surface area (TPSA) is 113 Å². The van der Waals surface area contributed by atoms with Gasteiger partial charge in [0.15, 0.2) is 11.5 Å². The van der Waals surface area contributed by atoms with Gasteiger partial charge in [0.25, 0.3) is 5.91 Å². The average molecular weight is 436 g/mol. The van der Waals surface area contributed by atoms with Crippen LogP contribution in [0.4, 0.5) is 5.95 Å². The molecule has 4 heterocycles. The maximum absolute atomic E-state index is 13.1. The third-order valence-electron chi connectivity index (χ3n) is 6.46. The Morgan fingerprint density at radius 2 is 2.03 bits per heavy atom. The number of carbonyl (C=O) groups excluding carboxylic acids is 1. The number of H-pyrrole nitrogens is 1. The van der Waals surface area contributed by atoms with Gasteiger partial charge in [0, 0.05) is 48.6 Å². The molecule has 0 spiro atoms. The number of hydrogen-bond acceptors (Lipinski definition) is 7. The predicted molar refractivity (Wildman–Crippen MR) is 119 cm³/mol. The minimum Gasteiger partial charge on any atom is -0.356 e. The van der Waals surface area contributed by atoms with Crippen LogP contribution in [0.1, 0.15) is 71.7 Å². The van der Waals surface area contributed by atoms with Gasteiger partial charge in [-0.15, -0.1) is 0 Å². The first-order valence-corrected chi connectivity index (χ1v) is 11.4. The summed E-state index contributed by atoms with van der Waals surface area (Å²) in [7, 11) is 0. The highest BCUT2D eigenvalue weighted by molar-refractivity contribution is 5.94. The van der Waals surface area contributed by atoms with Gasteiger partial charge in [0.2, 0.25) is 5.95 Å². The normalized spacial score (nSPS) is 17.0. The zero-order valence-electron chi connectivity index (χ0n) is 18.8. The molecule has 9 heteroatoms. The van der Waals surface area contributed by atoms with Gasteiger partial charge in [0.05, 0.1) is 17.0 Å². The minimum atomic E-state index is 0.00163. The fourth-order valence-electron chi connectivity index (χ4n) is 4.36. The number of amides is 1. The highest BCUT2D eigenvalue weighted by Crippen LogP contribution is 2.35. The number of nitrogens with one attached hydrogen (secondary N) is 2. The van der Waals surface area contributed by atoms with Crippen molar-refractivity contribution in [2.75, 3.05) is 18.4 Å². The van der Waals surface area contributed by atoms with Crippen LogP contribution in [-0.2, 0) is 6.42 Å². The van der Waals surface area contributed by atoms with E-state index in [4.69, 9.17) is 9.51 Å². The Balaban J connectivity index is 1.35. The zero-order chi connectivity index (χ0) is 22.2. The Bertz CT molecular complexity index is 1120. The van der Waals surface area contributed by atoms with Crippen molar-refractivity contribution >= 4 is 11.9 Å². The number of aromatic amines is 1. The number of aryl methyl sites for hydroxylation is 2. The molecule has 0 aromatic carbocycles. The standard InChI is InChI=1S/C23H29N7O2/c1-4-18-14(3)20(28-27-18)22(31)30-9-7-15(8-10-30)21-17(19-11-13(2)29-32-19)12-24-23(26-21)25-16-5-6-16/h11-12,15-16H,4-10H2,1-3H3,(H,27,28)(H,24,25,26). The second-order valence-electron chi connectivity index (χ2n) is 8.84. The van der Waals surface area contributed by atoms with E-state index in [1.807, 2.05) is 31.0 Å². The SMILES string of the molecule is CCc1[nH]nc(C(=O)N2CCC(c3nc(NC4CC4)ncc3-c3cc(C)no3)CC2)c1C. The van der Waals surface area contributed by atoms with Crippen LogP contribution in [0.2, 0.25) is 0 Å². The van der Waals surface area contributed by atoms with Gasteiger partial charge < -0.3 is 14.7 Å². The highest BCUT2D eigenvalue weighted by atomic mass is 16.5. The number of hydrogen-bond donors (Lipinski definition) is 2. The van der Waals surface area contributed by atoms with Gasteiger partial charge in [-0.25, -0.2) is 9.97 Å². The number of anilines is 1. The lowest BCUT2D eigenvalue weighted by molar-refractivity contribution is 0.0705. The lowest BCUT2D eigenvalue weighted by Gasteiger charge is -2.32. The van der Waals surface area contributed by atoms with E-state index < -0.39 is 0 Å². The molecule has 1 saturated carbocycles. The van der Waals surface area contributed by atoms with Crippen LogP contribution in [0, 0.1) is 13.8 Å². The number of aromatic nitrogens is 5. The van der Waals surface area contributed by atoms with Crippen LogP contribution in [0.15, 0.2) is 16.8 Å². The maximum Gasteiger partial charge on any atom is 0.274 e. The summed E-state index contributed by atoms with van der Waals surface area (Å²) < 4.78 is 5.53. The molecule has 1 amide bonds. The fraction of sp³-hybridized carbons (Fsp3) is 0.522. The molecule has 9 nitrogen and oxygen atoms in total. The van der Waals surface area contributed by atoms with Gasteiger partial charge in [0.1, 0.15) is 0 Å². The van der Waals surface area contributed by atoms with E-state index in [-0.39, 0.29) is 11.8 Å². The number of rotatable bonds is 6. The number of piperidine rings is 1. The fourth-order valence-corrected chi connectivity index (χ4v) is 4.36. The quantitative estimate of drug-likeness (QED) is 0.608. The van der Waals surface area contributed by atoms with Crippen molar-refractivity contribution in [3.05, 3.63) is 40.6 Å². The summed E-state index contributed by atoms with van der Waals surface area (Å²) in [6.07, 6.45) is 6.65. The van der Waals surface area contributed by atoms with E-state index in [9.17, 15) is 4.79 Å². The first kappa shape index (κ1) is 20.7. The largest absolute Gasteiger partial charge is 0.356 e. The third kappa shape index (κ3) is 3.99.